The van der Waals surface area contributed by atoms with Gasteiger partial charge in [-0.1, -0.05) is 24.6 Å². The van der Waals surface area contributed by atoms with Gasteiger partial charge in [0.25, 0.3) is 5.91 Å². The Labute approximate surface area is 186 Å². The van der Waals surface area contributed by atoms with Gasteiger partial charge in [-0.2, -0.15) is 0 Å². The number of fused-ring (bicyclic) bond motifs is 1. The monoisotopic (exact) mass is 418 g/mol. The van der Waals surface area contributed by atoms with Gasteiger partial charge in [0.05, 0.1) is 6.61 Å². The average molecular weight is 419 g/mol. The molecule has 0 aliphatic heterocycles. The lowest BCUT2D eigenvalue weighted by Crippen LogP contribution is -2.40. The normalized spacial score (nSPS) is 20.6. The minimum absolute atomic E-state index is 0.100. The molecule has 31 heavy (non-hydrogen) atoms. The molecule has 2 aromatic carbocycles. The van der Waals surface area contributed by atoms with Crippen LogP contribution in [0.5, 0.6) is 5.75 Å². The van der Waals surface area contributed by atoms with Crippen LogP contribution in [0, 0.1) is 5.92 Å². The number of ether oxygens (including phenoxy) is 1. The van der Waals surface area contributed by atoms with E-state index < -0.39 is 0 Å². The molecular formula is C27H34N2O2. The van der Waals surface area contributed by atoms with Crippen LogP contribution in [0.15, 0.2) is 42.5 Å². The van der Waals surface area contributed by atoms with Crippen molar-refractivity contribution in [1.82, 2.24) is 10.2 Å². The van der Waals surface area contributed by atoms with Crippen molar-refractivity contribution < 1.29 is 9.53 Å². The number of likely N-dealkylation sites (N-methyl/N-ethyl adjacent to an activating group) is 1. The maximum absolute atomic E-state index is 13.1. The summed E-state index contributed by atoms with van der Waals surface area (Å²) in [4.78, 5) is 15.0. The molecule has 3 aliphatic rings. The summed E-state index contributed by atoms with van der Waals surface area (Å²) in [5, 5.41) is 3.66. The van der Waals surface area contributed by atoms with Gasteiger partial charge in [0, 0.05) is 31.2 Å². The highest BCUT2D eigenvalue weighted by molar-refractivity contribution is 5.94. The Morgan fingerprint density at radius 3 is 2.55 bits per heavy atom. The summed E-state index contributed by atoms with van der Waals surface area (Å²) in [5.74, 6) is 1.69. The third kappa shape index (κ3) is 4.95. The summed E-state index contributed by atoms with van der Waals surface area (Å²) >= 11 is 0. The van der Waals surface area contributed by atoms with Gasteiger partial charge < -0.3 is 15.0 Å². The lowest BCUT2D eigenvalue weighted by Gasteiger charge is -2.33. The van der Waals surface area contributed by atoms with Gasteiger partial charge in [-0.3, -0.25) is 4.79 Å². The van der Waals surface area contributed by atoms with Crippen LogP contribution < -0.4 is 10.1 Å². The zero-order valence-corrected chi connectivity index (χ0v) is 18.6. The van der Waals surface area contributed by atoms with Crippen LogP contribution in [0.3, 0.4) is 0 Å². The largest absolute Gasteiger partial charge is 0.493 e. The molecule has 2 fully saturated rings. The maximum Gasteiger partial charge on any atom is 0.253 e. The first-order valence-corrected chi connectivity index (χ1v) is 12.0. The first-order valence-electron chi connectivity index (χ1n) is 12.0. The minimum atomic E-state index is 0.100. The predicted octanol–water partition coefficient (Wildman–Crippen LogP) is 4.75. The first kappa shape index (κ1) is 20.6. The van der Waals surface area contributed by atoms with E-state index in [4.69, 9.17) is 4.74 Å². The number of rotatable bonds is 8. The molecule has 0 bridgehead atoms. The molecule has 0 aromatic heterocycles. The van der Waals surface area contributed by atoms with E-state index in [0.29, 0.717) is 0 Å². The van der Waals surface area contributed by atoms with Crippen LogP contribution >= 0.6 is 0 Å². The van der Waals surface area contributed by atoms with E-state index in [1.165, 1.54) is 48.8 Å². The van der Waals surface area contributed by atoms with Gasteiger partial charge in [0.2, 0.25) is 0 Å². The Morgan fingerprint density at radius 1 is 1.03 bits per heavy atom. The lowest BCUT2D eigenvalue weighted by atomic mass is 9.86. The number of amides is 1. The number of benzene rings is 2. The van der Waals surface area contributed by atoms with E-state index in [1.54, 1.807) is 0 Å². The Hall–Kier alpha value is -2.33. The van der Waals surface area contributed by atoms with Gasteiger partial charge in [0.1, 0.15) is 5.75 Å². The van der Waals surface area contributed by atoms with Gasteiger partial charge in [0.15, 0.2) is 0 Å². The number of carbonyl (C=O) groups is 1. The van der Waals surface area contributed by atoms with Crippen LogP contribution in [-0.4, -0.2) is 36.5 Å². The lowest BCUT2D eigenvalue weighted by molar-refractivity contribution is 0.0719. The number of hydrogen-bond acceptors (Lipinski definition) is 3. The molecule has 0 unspecified atom stereocenters. The third-order valence-electron chi connectivity index (χ3n) is 7.33. The molecule has 0 saturated heterocycles. The van der Waals surface area contributed by atoms with Crippen molar-refractivity contribution in [1.29, 1.82) is 0 Å². The summed E-state index contributed by atoms with van der Waals surface area (Å²) in [7, 11) is 1.95. The number of aryl methyl sites for hydroxylation is 1. The molecule has 5 rings (SSSR count). The Kier molecular flexibility index (Phi) is 5.99. The van der Waals surface area contributed by atoms with Crippen molar-refractivity contribution in [3.05, 3.63) is 64.7 Å². The van der Waals surface area contributed by atoms with Crippen molar-refractivity contribution >= 4 is 5.91 Å². The molecule has 3 aliphatic carbocycles. The van der Waals surface area contributed by atoms with E-state index in [2.05, 4.69) is 23.5 Å². The SMILES string of the molecule is CN(C(=O)c1ccc(OCC2CC2)cc1)[C@H]1CCc2cc(CNC3CCC3)ccc2C1. The third-order valence-corrected chi connectivity index (χ3v) is 7.33. The van der Waals surface area contributed by atoms with Crippen molar-refractivity contribution in [3.8, 4) is 5.75 Å². The second kappa shape index (κ2) is 9.04. The minimum Gasteiger partial charge on any atom is -0.493 e. The van der Waals surface area contributed by atoms with E-state index in [0.717, 1.165) is 55.7 Å². The van der Waals surface area contributed by atoms with Crippen LogP contribution in [0.25, 0.3) is 0 Å². The van der Waals surface area contributed by atoms with Crippen molar-refractivity contribution in [2.24, 2.45) is 5.92 Å². The van der Waals surface area contributed by atoms with Gasteiger partial charge in [-0.25, -0.2) is 0 Å². The van der Waals surface area contributed by atoms with Crippen LogP contribution in [0.4, 0.5) is 0 Å². The Balaban J connectivity index is 1.17. The summed E-state index contributed by atoms with van der Waals surface area (Å²) in [6, 6.07) is 15.6. The molecule has 164 valence electrons. The Morgan fingerprint density at radius 2 is 1.84 bits per heavy atom. The topological polar surface area (TPSA) is 41.6 Å². The highest BCUT2D eigenvalue weighted by Crippen LogP contribution is 2.30. The number of nitrogens with one attached hydrogen (secondary N) is 1. The molecule has 4 heteroatoms. The zero-order chi connectivity index (χ0) is 21.2. The molecule has 1 N–H and O–H groups in total. The fraction of sp³-hybridized carbons (Fsp3) is 0.519. The predicted molar refractivity (Wildman–Crippen MR) is 123 cm³/mol. The molecule has 0 heterocycles. The molecule has 1 atom stereocenters. The summed E-state index contributed by atoms with van der Waals surface area (Å²) in [5.41, 5.74) is 4.98. The molecule has 0 spiro atoms. The molecule has 2 saturated carbocycles. The fourth-order valence-corrected chi connectivity index (χ4v) is 4.67. The average Bonchev–Trinajstić information content (AvgIpc) is 3.60. The standard InChI is InChI=1S/C27H34N2O2/c1-29(27(30)21-10-13-26(14-11-21)31-18-19-5-6-19)25-12-9-22-15-20(7-8-23(22)16-25)17-28-24-3-2-4-24/h7-8,10-11,13-15,19,24-25,28H,2-6,9,12,16-18H2,1H3/t25-/m0/s1. The van der Waals surface area contributed by atoms with Crippen molar-refractivity contribution in [2.45, 2.75) is 70.0 Å². The smallest absolute Gasteiger partial charge is 0.253 e. The van der Waals surface area contributed by atoms with E-state index in [9.17, 15) is 4.79 Å². The summed E-state index contributed by atoms with van der Waals surface area (Å²) in [6.07, 6.45) is 9.59. The molecular weight excluding hydrogens is 384 g/mol. The van der Waals surface area contributed by atoms with Gasteiger partial charge in [-0.15, -0.1) is 0 Å². The number of hydrogen-bond donors (Lipinski definition) is 1. The highest BCUT2D eigenvalue weighted by Gasteiger charge is 2.26. The number of carbonyl (C=O) groups excluding carboxylic acids is 1. The fourth-order valence-electron chi connectivity index (χ4n) is 4.67. The second-order valence-electron chi connectivity index (χ2n) is 9.70. The van der Waals surface area contributed by atoms with Crippen molar-refractivity contribution in [2.75, 3.05) is 13.7 Å². The Bertz CT molecular complexity index is 915. The second-order valence-corrected chi connectivity index (χ2v) is 9.70. The summed E-state index contributed by atoms with van der Waals surface area (Å²) in [6.45, 7) is 1.77. The molecule has 4 nitrogen and oxygen atoms in total. The molecule has 2 aromatic rings. The molecule has 1 amide bonds. The van der Waals surface area contributed by atoms with Crippen molar-refractivity contribution in [3.63, 3.8) is 0 Å². The zero-order valence-electron chi connectivity index (χ0n) is 18.6. The quantitative estimate of drug-likeness (QED) is 0.673. The number of nitrogens with zero attached hydrogens (tertiary/aromatic N) is 1. The summed E-state index contributed by atoms with van der Waals surface area (Å²) < 4.78 is 5.80. The van der Waals surface area contributed by atoms with Crippen LogP contribution in [0.2, 0.25) is 0 Å². The van der Waals surface area contributed by atoms with Gasteiger partial charge >= 0.3 is 0 Å². The first-order chi connectivity index (χ1) is 15.2. The highest BCUT2D eigenvalue weighted by atomic mass is 16.5. The van der Waals surface area contributed by atoms with Crippen LogP contribution in [0.1, 0.15) is 65.6 Å². The van der Waals surface area contributed by atoms with E-state index in [1.807, 2.05) is 36.2 Å². The van der Waals surface area contributed by atoms with E-state index in [-0.39, 0.29) is 11.9 Å². The van der Waals surface area contributed by atoms with Gasteiger partial charge in [-0.05, 0) is 91.8 Å². The van der Waals surface area contributed by atoms with Crippen LogP contribution in [-0.2, 0) is 19.4 Å². The van der Waals surface area contributed by atoms with E-state index >= 15 is 0 Å². The molecule has 0 radical (unpaired) electrons. The maximum atomic E-state index is 13.1.